The van der Waals surface area contributed by atoms with Gasteiger partial charge in [-0.15, -0.1) is 0 Å². The van der Waals surface area contributed by atoms with Crippen molar-refractivity contribution < 1.29 is 14.6 Å². The standard InChI is InChI=1S/C18H19NO3/c1-11-8-14(9-12-6-7-16(20)19-17(11)12)18(21)13-4-3-5-15(10-13)22-2/h3-5,8-10,18,21H,6-7H2,1-2H3,(H,19,20). The average molecular weight is 297 g/mol. The quantitative estimate of drug-likeness (QED) is 0.915. The minimum atomic E-state index is -0.711. The number of aliphatic hydroxyl groups is 1. The second-order valence-corrected chi connectivity index (χ2v) is 5.60. The fraction of sp³-hybridized carbons (Fsp3) is 0.278. The molecule has 1 unspecified atom stereocenters. The molecule has 0 spiro atoms. The Hall–Kier alpha value is -2.33. The topological polar surface area (TPSA) is 58.6 Å². The summed E-state index contributed by atoms with van der Waals surface area (Å²) in [5.41, 5.74) is 4.57. The van der Waals surface area contributed by atoms with Gasteiger partial charge in [0.25, 0.3) is 0 Å². The summed E-state index contributed by atoms with van der Waals surface area (Å²) in [5.74, 6) is 0.773. The van der Waals surface area contributed by atoms with Gasteiger partial charge in [0.1, 0.15) is 11.9 Å². The van der Waals surface area contributed by atoms with Gasteiger partial charge in [-0.25, -0.2) is 0 Å². The Labute approximate surface area is 129 Å². The van der Waals surface area contributed by atoms with Gasteiger partial charge in [0.2, 0.25) is 5.91 Å². The van der Waals surface area contributed by atoms with E-state index in [2.05, 4.69) is 5.32 Å². The van der Waals surface area contributed by atoms with E-state index < -0.39 is 6.10 Å². The molecule has 0 fully saturated rings. The molecule has 0 aromatic heterocycles. The van der Waals surface area contributed by atoms with E-state index in [1.807, 2.05) is 43.3 Å². The Bertz CT molecular complexity index is 724. The molecule has 4 nitrogen and oxygen atoms in total. The number of methoxy groups -OCH3 is 1. The molecule has 1 heterocycles. The van der Waals surface area contributed by atoms with Gasteiger partial charge in [-0.3, -0.25) is 4.79 Å². The molecule has 22 heavy (non-hydrogen) atoms. The van der Waals surface area contributed by atoms with Gasteiger partial charge in [-0.1, -0.05) is 24.3 Å². The normalized spacial score (nSPS) is 15.0. The Morgan fingerprint density at radius 3 is 2.77 bits per heavy atom. The molecule has 1 aliphatic heterocycles. The third-order valence-electron chi connectivity index (χ3n) is 4.05. The van der Waals surface area contributed by atoms with Crippen molar-refractivity contribution in [3.05, 3.63) is 58.7 Å². The van der Waals surface area contributed by atoms with Crippen LogP contribution in [0, 0.1) is 6.92 Å². The number of carbonyl (C=O) groups is 1. The van der Waals surface area contributed by atoms with Gasteiger partial charge in [0.05, 0.1) is 7.11 Å². The molecule has 0 bridgehead atoms. The van der Waals surface area contributed by atoms with Gasteiger partial charge in [-0.2, -0.15) is 0 Å². The molecule has 1 amide bonds. The second kappa shape index (κ2) is 5.81. The molecule has 2 N–H and O–H groups in total. The highest BCUT2D eigenvalue weighted by Gasteiger charge is 2.20. The number of ether oxygens (including phenoxy) is 1. The summed E-state index contributed by atoms with van der Waals surface area (Å²) in [7, 11) is 1.61. The second-order valence-electron chi connectivity index (χ2n) is 5.60. The number of carbonyl (C=O) groups excluding carboxylic acids is 1. The summed E-state index contributed by atoms with van der Waals surface area (Å²) in [4.78, 5) is 11.5. The summed E-state index contributed by atoms with van der Waals surface area (Å²) in [6.07, 6.45) is 0.489. The van der Waals surface area contributed by atoms with E-state index in [1.165, 1.54) is 0 Å². The number of benzene rings is 2. The van der Waals surface area contributed by atoms with Crippen LogP contribution < -0.4 is 10.1 Å². The summed E-state index contributed by atoms with van der Waals surface area (Å²) >= 11 is 0. The lowest BCUT2D eigenvalue weighted by Gasteiger charge is -2.22. The molecule has 1 aliphatic rings. The molecule has 3 rings (SSSR count). The lowest BCUT2D eigenvalue weighted by molar-refractivity contribution is -0.116. The largest absolute Gasteiger partial charge is 0.497 e. The zero-order valence-electron chi connectivity index (χ0n) is 12.7. The molecule has 0 saturated heterocycles. The summed E-state index contributed by atoms with van der Waals surface area (Å²) < 4.78 is 5.21. The first-order valence-electron chi connectivity index (χ1n) is 7.34. The number of nitrogens with one attached hydrogen (secondary N) is 1. The summed E-state index contributed by atoms with van der Waals surface area (Å²) in [6, 6.07) is 11.3. The van der Waals surface area contributed by atoms with Gasteiger partial charge in [0, 0.05) is 12.1 Å². The van der Waals surface area contributed by atoms with Crippen LogP contribution in [0.4, 0.5) is 5.69 Å². The SMILES string of the molecule is COc1cccc(C(O)c2cc(C)c3c(c2)CCC(=O)N3)c1. The molecule has 2 aromatic rings. The van der Waals surface area contributed by atoms with Gasteiger partial charge >= 0.3 is 0 Å². The maximum absolute atomic E-state index is 11.5. The van der Waals surface area contributed by atoms with Gasteiger partial charge in [0.15, 0.2) is 0 Å². The van der Waals surface area contributed by atoms with E-state index in [0.717, 1.165) is 33.7 Å². The van der Waals surface area contributed by atoms with Crippen LogP contribution in [0.3, 0.4) is 0 Å². The van der Waals surface area contributed by atoms with Crippen LogP contribution in [-0.2, 0) is 11.2 Å². The molecular weight excluding hydrogens is 278 g/mol. The first kappa shape index (κ1) is 14.6. The predicted octanol–water partition coefficient (Wildman–Crippen LogP) is 2.97. The zero-order valence-corrected chi connectivity index (χ0v) is 12.7. The first-order valence-corrected chi connectivity index (χ1v) is 7.34. The fourth-order valence-corrected chi connectivity index (χ4v) is 2.88. The highest BCUT2D eigenvalue weighted by Crippen LogP contribution is 2.32. The zero-order chi connectivity index (χ0) is 15.7. The minimum absolute atomic E-state index is 0.0525. The third-order valence-corrected chi connectivity index (χ3v) is 4.05. The van der Waals surface area contributed by atoms with Crippen LogP contribution >= 0.6 is 0 Å². The van der Waals surface area contributed by atoms with E-state index in [-0.39, 0.29) is 5.91 Å². The van der Waals surface area contributed by atoms with Crippen molar-refractivity contribution in [3.8, 4) is 5.75 Å². The number of hydrogen-bond donors (Lipinski definition) is 2. The highest BCUT2D eigenvalue weighted by atomic mass is 16.5. The maximum atomic E-state index is 11.5. The van der Waals surface area contributed by atoms with Gasteiger partial charge < -0.3 is 15.2 Å². The lowest BCUT2D eigenvalue weighted by atomic mass is 9.92. The Morgan fingerprint density at radius 1 is 1.18 bits per heavy atom. The number of aliphatic hydroxyl groups excluding tert-OH is 1. The Kier molecular flexibility index (Phi) is 3.86. The Balaban J connectivity index is 1.97. The van der Waals surface area contributed by atoms with Crippen molar-refractivity contribution in [2.75, 3.05) is 12.4 Å². The van der Waals surface area contributed by atoms with Crippen molar-refractivity contribution in [2.45, 2.75) is 25.9 Å². The number of rotatable bonds is 3. The van der Waals surface area contributed by atoms with Crippen LogP contribution in [0.25, 0.3) is 0 Å². The summed E-state index contributed by atoms with van der Waals surface area (Å²) in [6.45, 7) is 1.95. The lowest BCUT2D eigenvalue weighted by Crippen LogP contribution is -2.20. The predicted molar refractivity (Wildman–Crippen MR) is 85.2 cm³/mol. The van der Waals surface area contributed by atoms with Crippen LogP contribution in [0.2, 0.25) is 0 Å². The van der Waals surface area contributed by atoms with E-state index >= 15 is 0 Å². The van der Waals surface area contributed by atoms with Crippen molar-refractivity contribution >= 4 is 11.6 Å². The van der Waals surface area contributed by atoms with Crippen molar-refractivity contribution in [1.29, 1.82) is 0 Å². The number of aryl methyl sites for hydroxylation is 2. The molecule has 114 valence electrons. The highest BCUT2D eigenvalue weighted by molar-refractivity contribution is 5.94. The number of amides is 1. The van der Waals surface area contributed by atoms with E-state index in [9.17, 15) is 9.90 Å². The molecule has 0 saturated carbocycles. The smallest absolute Gasteiger partial charge is 0.224 e. The number of anilines is 1. The molecule has 2 aromatic carbocycles. The minimum Gasteiger partial charge on any atom is -0.497 e. The van der Waals surface area contributed by atoms with Crippen LogP contribution in [-0.4, -0.2) is 18.1 Å². The van der Waals surface area contributed by atoms with Crippen molar-refractivity contribution in [1.82, 2.24) is 0 Å². The molecule has 0 aliphatic carbocycles. The fourth-order valence-electron chi connectivity index (χ4n) is 2.88. The first-order chi connectivity index (χ1) is 10.6. The Morgan fingerprint density at radius 2 is 2.00 bits per heavy atom. The van der Waals surface area contributed by atoms with Crippen molar-refractivity contribution in [2.24, 2.45) is 0 Å². The third kappa shape index (κ3) is 2.70. The van der Waals surface area contributed by atoms with Crippen molar-refractivity contribution in [3.63, 3.8) is 0 Å². The van der Waals surface area contributed by atoms with Crippen LogP contribution in [0.1, 0.15) is 34.8 Å². The molecule has 0 radical (unpaired) electrons. The number of hydrogen-bond acceptors (Lipinski definition) is 3. The molecule has 4 heteroatoms. The van der Waals surface area contributed by atoms with E-state index in [1.54, 1.807) is 7.11 Å². The van der Waals surface area contributed by atoms with Gasteiger partial charge in [-0.05, 0) is 47.7 Å². The van der Waals surface area contributed by atoms with Crippen LogP contribution in [0.15, 0.2) is 36.4 Å². The van der Waals surface area contributed by atoms with E-state index in [0.29, 0.717) is 12.8 Å². The number of fused-ring (bicyclic) bond motifs is 1. The monoisotopic (exact) mass is 297 g/mol. The summed E-state index contributed by atoms with van der Waals surface area (Å²) in [5, 5.41) is 13.6. The average Bonchev–Trinajstić information content (AvgIpc) is 2.54. The van der Waals surface area contributed by atoms with E-state index in [4.69, 9.17) is 4.74 Å². The molecular formula is C18H19NO3. The van der Waals surface area contributed by atoms with Crippen LogP contribution in [0.5, 0.6) is 5.75 Å². The maximum Gasteiger partial charge on any atom is 0.224 e. The molecule has 1 atom stereocenters.